The third-order valence-electron chi connectivity index (χ3n) is 10.3. The van der Waals surface area contributed by atoms with E-state index in [9.17, 15) is 0 Å². The molecule has 10 aromatic rings. The molecule has 2 nitrogen and oxygen atoms in total. The second-order valence-electron chi connectivity index (χ2n) is 13.8. The maximum absolute atomic E-state index is 5.34. The monoisotopic (exact) mass is 718 g/mol. The van der Waals surface area contributed by atoms with E-state index in [1.54, 1.807) is 0 Å². The largest absolute Gasteiger partial charge is 0.228 e. The summed E-state index contributed by atoms with van der Waals surface area (Å²) in [7, 11) is 0. The fourth-order valence-corrected chi connectivity index (χ4v) is 8.83. The van der Waals surface area contributed by atoms with Crippen LogP contribution in [0.5, 0.6) is 0 Å². The van der Waals surface area contributed by atoms with Crippen LogP contribution in [0, 0.1) is 0 Å². The van der Waals surface area contributed by atoms with Gasteiger partial charge in [0.2, 0.25) is 0 Å². The zero-order valence-corrected chi connectivity index (χ0v) is 30.7. The van der Waals surface area contributed by atoms with Crippen molar-refractivity contribution in [2.75, 3.05) is 0 Å². The lowest BCUT2D eigenvalue weighted by Gasteiger charge is -2.16. The summed E-state index contributed by atoms with van der Waals surface area (Å²) in [4.78, 5) is 10.7. The van der Waals surface area contributed by atoms with Gasteiger partial charge in [0.25, 0.3) is 0 Å². The van der Waals surface area contributed by atoms with E-state index in [4.69, 9.17) is 9.97 Å². The van der Waals surface area contributed by atoms with E-state index in [0.717, 1.165) is 67.0 Å². The highest BCUT2D eigenvalue weighted by Gasteiger charge is 2.18. The summed E-state index contributed by atoms with van der Waals surface area (Å²) in [6.45, 7) is 0. The maximum atomic E-state index is 5.34. The van der Waals surface area contributed by atoms with Gasteiger partial charge in [-0.25, -0.2) is 9.97 Å². The van der Waals surface area contributed by atoms with Gasteiger partial charge in [0.05, 0.1) is 11.4 Å². The fraction of sp³-hybridized carbons (Fsp3) is 0. The van der Waals surface area contributed by atoms with Crippen LogP contribution < -0.4 is 0 Å². The van der Waals surface area contributed by atoms with E-state index in [1.165, 1.54) is 25.7 Å². The molecule has 0 unspecified atom stereocenters. The Balaban J connectivity index is 1.23. The van der Waals surface area contributed by atoms with Crippen LogP contribution in [0.25, 0.3) is 98.6 Å². The molecule has 8 aromatic carbocycles. The van der Waals surface area contributed by atoms with Gasteiger partial charge in [-0.1, -0.05) is 170 Å². The first-order valence-corrected chi connectivity index (χ1v) is 19.4. The molecule has 10 rings (SSSR count). The molecule has 0 bridgehead atoms. The van der Waals surface area contributed by atoms with E-state index >= 15 is 0 Å². The predicted molar refractivity (Wildman–Crippen MR) is 233 cm³/mol. The molecular formula is C52H34N2S. The van der Waals surface area contributed by atoms with Crippen molar-refractivity contribution in [2.45, 2.75) is 0 Å². The molecule has 258 valence electrons. The molecule has 0 aliphatic rings. The standard InChI is InChI=1S/C52H34N2S/c1-5-16-35(17-6-1)39-28-29-43(37-20-9-3-10-21-37)47(33-39)49-34-48(53-52(54-49)38-22-11-4-12-23-38)42-31-40(36-18-7-2-8-19-36)30-41(32-42)44-25-15-26-46-45-24-13-14-27-50(45)55-51(44)46/h1-34H. The molecule has 55 heavy (non-hydrogen) atoms. The first-order chi connectivity index (χ1) is 27.2. The van der Waals surface area contributed by atoms with Crippen LogP contribution in [0.15, 0.2) is 206 Å². The Kier molecular flexibility index (Phi) is 8.40. The number of rotatable bonds is 7. The average molecular weight is 719 g/mol. The van der Waals surface area contributed by atoms with E-state index < -0.39 is 0 Å². The second kappa shape index (κ2) is 14.1. The number of hydrogen-bond acceptors (Lipinski definition) is 3. The van der Waals surface area contributed by atoms with E-state index in [0.29, 0.717) is 5.82 Å². The number of aromatic nitrogens is 2. The highest BCUT2D eigenvalue weighted by Crippen LogP contribution is 2.43. The normalized spacial score (nSPS) is 11.3. The molecule has 3 heteroatoms. The zero-order valence-electron chi connectivity index (χ0n) is 29.9. The first kappa shape index (κ1) is 32.7. The molecule has 0 saturated carbocycles. The van der Waals surface area contributed by atoms with Crippen molar-refractivity contribution < 1.29 is 0 Å². The minimum absolute atomic E-state index is 0.690. The maximum Gasteiger partial charge on any atom is 0.160 e. The highest BCUT2D eigenvalue weighted by molar-refractivity contribution is 7.26. The summed E-state index contributed by atoms with van der Waals surface area (Å²) in [5.74, 6) is 0.690. The van der Waals surface area contributed by atoms with Crippen LogP contribution >= 0.6 is 11.3 Å². The molecule has 2 aromatic heterocycles. The molecule has 0 aliphatic heterocycles. The van der Waals surface area contributed by atoms with Gasteiger partial charge in [-0.05, 0) is 80.9 Å². The Morgan fingerprint density at radius 1 is 0.291 bits per heavy atom. The van der Waals surface area contributed by atoms with Crippen molar-refractivity contribution in [2.24, 2.45) is 0 Å². The number of hydrogen-bond donors (Lipinski definition) is 0. The minimum Gasteiger partial charge on any atom is -0.228 e. The number of benzene rings is 8. The van der Waals surface area contributed by atoms with E-state index in [1.807, 2.05) is 17.4 Å². The Labute approximate surface area is 324 Å². The Morgan fingerprint density at radius 3 is 1.58 bits per heavy atom. The van der Waals surface area contributed by atoms with Crippen LogP contribution in [0.2, 0.25) is 0 Å². The summed E-state index contributed by atoms with van der Waals surface area (Å²) in [6, 6.07) is 73.4. The van der Waals surface area contributed by atoms with Gasteiger partial charge >= 0.3 is 0 Å². The first-order valence-electron chi connectivity index (χ1n) is 18.6. The minimum atomic E-state index is 0.690. The van der Waals surface area contributed by atoms with E-state index in [-0.39, 0.29) is 0 Å². The SMILES string of the molecule is c1ccc(-c2cc(-c3cc(-c4cc(-c5ccccc5)ccc4-c4ccccc4)nc(-c4ccccc4)n3)cc(-c3cccc4c3sc3ccccc34)c2)cc1. The van der Waals surface area contributed by atoms with Crippen LogP contribution in [0.4, 0.5) is 0 Å². The van der Waals surface area contributed by atoms with Crippen molar-refractivity contribution in [3.63, 3.8) is 0 Å². The lowest BCUT2D eigenvalue weighted by Crippen LogP contribution is -1.98. The third-order valence-corrected chi connectivity index (χ3v) is 11.5. The predicted octanol–water partition coefficient (Wildman–Crippen LogP) is 14.5. The molecular weight excluding hydrogens is 685 g/mol. The summed E-state index contributed by atoms with van der Waals surface area (Å²) in [6.07, 6.45) is 0. The molecule has 0 saturated heterocycles. The fourth-order valence-electron chi connectivity index (χ4n) is 7.59. The Bertz CT molecular complexity index is 2950. The van der Waals surface area contributed by atoms with Crippen LogP contribution in [0.3, 0.4) is 0 Å². The molecule has 0 spiro atoms. The smallest absolute Gasteiger partial charge is 0.160 e. The van der Waals surface area contributed by atoms with Crippen molar-refractivity contribution in [3.05, 3.63) is 206 Å². The van der Waals surface area contributed by atoms with Gasteiger partial charge in [0, 0.05) is 36.9 Å². The lowest BCUT2D eigenvalue weighted by molar-refractivity contribution is 1.18. The molecule has 0 N–H and O–H groups in total. The van der Waals surface area contributed by atoms with Gasteiger partial charge in [-0.3, -0.25) is 0 Å². The number of fused-ring (bicyclic) bond motifs is 3. The molecule has 0 radical (unpaired) electrons. The quantitative estimate of drug-likeness (QED) is 0.164. The van der Waals surface area contributed by atoms with Crippen molar-refractivity contribution in [3.8, 4) is 78.4 Å². The number of thiophene rings is 1. The van der Waals surface area contributed by atoms with Crippen molar-refractivity contribution in [1.29, 1.82) is 0 Å². The molecule has 2 heterocycles. The molecule has 0 fully saturated rings. The van der Waals surface area contributed by atoms with Crippen LogP contribution in [-0.4, -0.2) is 9.97 Å². The molecule has 0 aliphatic carbocycles. The molecule has 0 amide bonds. The van der Waals surface area contributed by atoms with Gasteiger partial charge < -0.3 is 0 Å². The van der Waals surface area contributed by atoms with Crippen LogP contribution in [-0.2, 0) is 0 Å². The van der Waals surface area contributed by atoms with Crippen LogP contribution in [0.1, 0.15) is 0 Å². The second-order valence-corrected chi connectivity index (χ2v) is 14.8. The van der Waals surface area contributed by atoms with Gasteiger partial charge in [-0.2, -0.15) is 0 Å². The van der Waals surface area contributed by atoms with Gasteiger partial charge in [-0.15, -0.1) is 11.3 Å². The Morgan fingerprint density at radius 2 is 0.855 bits per heavy atom. The zero-order chi connectivity index (χ0) is 36.6. The molecule has 0 atom stereocenters. The lowest BCUT2D eigenvalue weighted by atomic mass is 9.91. The average Bonchev–Trinajstić information content (AvgIpc) is 3.66. The highest BCUT2D eigenvalue weighted by atomic mass is 32.1. The van der Waals surface area contributed by atoms with Gasteiger partial charge in [0.15, 0.2) is 5.82 Å². The van der Waals surface area contributed by atoms with E-state index in [2.05, 4.69) is 200 Å². The third kappa shape index (κ3) is 6.31. The van der Waals surface area contributed by atoms with Crippen molar-refractivity contribution in [1.82, 2.24) is 9.97 Å². The topological polar surface area (TPSA) is 25.8 Å². The van der Waals surface area contributed by atoms with Gasteiger partial charge in [0.1, 0.15) is 0 Å². The summed E-state index contributed by atoms with van der Waals surface area (Å²) in [5, 5.41) is 2.58. The van der Waals surface area contributed by atoms with Crippen molar-refractivity contribution >= 4 is 31.5 Å². The Hall–Kier alpha value is -6.94. The summed E-state index contributed by atoms with van der Waals surface area (Å²) < 4.78 is 2.59. The summed E-state index contributed by atoms with van der Waals surface area (Å²) in [5.41, 5.74) is 14.1. The number of nitrogens with zero attached hydrogens (tertiary/aromatic N) is 2. The summed E-state index contributed by atoms with van der Waals surface area (Å²) >= 11 is 1.86.